The van der Waals surface area contributed by atoms with Crippen LogP contribution in [0.4, 0.5) is 0 Å². The number of nitrogens with zero attached hydrogens (tertiary/aromatic N) is 3. The van der Waals surface area contributed by atoms with E-state index in [2.05, 4.69) is 10.3 Å². The average Bonchev–Trinajstić information content (AvgIpc) is 2.79. The van der Waals surface area contributed by atoms with Crippen molar-refractivity contribution in [2.75, 3.05) is 5.75 Å². The van der Waals surface area contributed by atoms with Gasteiger partial charge in [-0.2, -0.15) is 0 Å². The number of aryl methyl sites for hydroxylation is 1. The predicted molar refractivity (Wildman–Crippen MR) is 64.1 cm³/mol. The second-order valence-electron chi connectivity index (χ2n) is 3.33. The quantitative estimate of drug-likeness (QED) is 0.818. The summed E-state index contributed by atoms with van der Waals surface area (Å²) in [5.74, 6) is -0.223. The van der Waals surface area contributed by atoms with Gasteiger partial charge in [-0.15, -0.1) is 16.9 Å². The second kappa shape index (κ2) is 5.49. The Morgan fingerprint density at radius 3 is 2.76 bits per heavy atom. The molecule has 0 radical (unpaired) electrons. The number of hydrogen-bond donors (Lipinski definition) is 1. The molecule has 1 aromatic heterocycles. The lowest BCUT2D eigenvalue weighted by Gasteiger charge is -2.00. The van der Waals surface area contributed by atoms with Crippen molar-refractivity contribution in [2.45, 2.75) is 11.4 Å². The SMILES string of the molecule is O=C(O)c1cn(CCSc2ccccc2)nn1. The van der Waals surface area contributed by atoms with E-state index in [1.165, 1.54) is 11.1 Å². The predicted octanol–water partition coefficient (Wildman–Crippen LogP) is 1.77. The van der Waals surface area contributed by atoms with Crippen LogP contribution in [0.25, 0.3) is 0 Å². The molecule has 0 saturated carbocycles. The van der Waals surface area contributed by atoms with E-state index >= 15 is 0 Å². The van der Waals surface area contributed by atoms with Crippen LogP contribution in [0.3, 0.4) is 0 Å². The van der Waals surface area contributed by atoms with Crippen molar-refractivity contribution in [1.82, 2.24) is 15.0 Å². The Morgan fingerprint density at radius 2 is 2.12 bits per heavy atom. The van der Waals surface area contributed by atoms with Crippen molar-refractivity contribution in [3.8, 4) is 0 Å². The number of carbonyl (C=O) groups is 1. The fraction of sp³-hybridized carbons (Fsp3) is 0.182. The van der Waals surface area contributed by atoms with Gasteiger partial charge in [-0.25, -0.2) is 4.79 Å². The van der Waals surface area contributed by atoms with Gasteiger partial charge in [0.05, 0.1) is 12.7 Å². The Morgan fingerprint density at radius 1 is 1.35 bits per heavy atom. The van der Waals surface area contributed by atoms with Crippen LogP contribution in [0.5, 0.6) is 0 Å². The molecule has 2 aromatic rings. The highest BCUT2D eigenvalue weighted by atomic mass is 32.2. The lowest BCUT2D eigenvalue weighted by Crippen LogP contribution is -2.01. The molecule has 6 heteroatoms. The summed E-state index contributed by atoms with van der Waals surface area (Å²) in [5, 5.41) is 16.0. The highest BCUT2D eigenvalue weighted by Gasteiger charge is 2.07. The maximum atomic E-state index is 10.6. The molecular formula is C11H11N3O2S. The van der Waals surface area contributed by atoms with Gasteiger partial charge in [0.25, 0.3) is 0 Å². The third kappa shape index (κ3) is 3.32. The topological polar surface area (TPSA) is 68.0 Å². The first-order chi connectivity index (χ1) is 8.25. The van der Waals surface area contributed by atoms with Crippen molar-refractivity contribution >= 4 is 17.7 Å². The zero-order valence-corrected chi connectivity index (χ0v) is 9.80. The Hall–Kier alpha value is -1.82. The lowest BCUT2D eigenvalue weighted by atomic mass is 10.4. The van der Waals surface area contributed by atoms with Gasteiger partial charge in [-0.05, 0) is 12.1 Å². The van der Waals surface area contributed by atoms with Crippen LogP contribution in [0.1, 0.15) is 10.5 Å². The largest absolute Gasteiger partial charge is 0.476 e. The molecule has 1 aromatic carbocycles. The molecule has 0 spiro atoms. The van der Waals surface area contributed by atoms with Crippen molar-refractivity contribution in [3.05, 3.63) is 42.2 Å². The van der Waals surface area contributed by atoms with E-state index in [4.69, 9.17) is 5.11 Å². The molecule has 0 aliphatic heterocycles. The van der Waals surface area contributed by atoms with Crippen LogP contribution < -0.4 is 0 Å². The Balaban J connectivity index is 1.84. The summed E-state index contributed by atoms with van der Waals surface area (Å²) < 4.78 is 1.54. The molecule has 0 saturated heterocycles. The van der Waals surface area contributed by atoms with Crippen LogP contribution in [0.2, 0.25) is 0 Å². The normalized spacial score (nSPS) is 10.4. The minimum Gasteiger partial charge on any atom is -0.476 e. The van der Waals surface area contributed by atoms with Crippen LogP contribution in [-0.2, 0) is 6.54 Å². The standard InChI is InChI=1S/C11H11N3O2S/c15-11(16)10-8-14(13-12-10)6-7-17-9-4-2-1-3-5-9/h1-5,8H,6-7H2,(H,15,16). The third-order valence-corrected chi connectivity index (χ3v) is 3.08. The van der Waals surface area contributed by atoms with Crippen LogP contribution in [0, 0.1) is 0 Å². The number of rotatable bonds is 5. The van der Waals surface area contributed by atoms with E-state index in [0.717, 1.165) is 5.75 Å². The average molecular weight is 249 g/mol. The summed E-state index contributed by atoms with van der Waals surface area (Å²) in [5.41, 5.74) is -0.0188. The number of aromatic carboxylic acids is 1. The molecule has 0 fully saturated rings. The molecular weight excluding hydrogens is 238 g/mol. The van der Waals surface area contributed by atoms with Crippen molar-refractivity contribution in [2.24, 2.45) is 0 Å². The maximum absolute atomic E-state index is 10.6. The van der Waals surface area contributed by atoms with E-state index in [1.54, 1.807) is 16.4 Å². The van der Waals surface area contributed by atoms with Crippen LogP contribution >= 0.6 is 11.8 Å². The van der Waals surface area contributed by atoms with Crippen molar-refractivity contribution in [3.63, 3.8) is 0 Å². The van der Waals surface area contributed by atoms with Gasteiger partial charge in [0, 0.05) is 10.6 Å². The fourth-order valence-corrected chi connectivity index (χ4v) is 2.14. The van der Waals surface area contributed by atoms with Gasteiger partial charge in [-0.3, -0.25) is 4.68 Å². The molecule has 0 bridgehead atoms. The molecule has 1 N–H and O–H groups in total. The Kier molecular flexibility index (Phi) is 3.77. The summed E-state index contributed by atoms with van der Waals surface area (Å²) in [6.45, 7) is 0.639. The van der Waals surface area contributed by atoms with E-state index in [9.17, 15) is 4.79 Å². The molecule has 5 nitrogen and oxygen atoms in total. The Bertz CT molecular complexity index is 498. The minimum absolute atomic E-state index is 0.0188. The second-order valence-corrected chi connectivity index (χ2v) is 4.50. The summed E-state index contributed by atoms with van der Waals surface area (Å²) in [7, 11) is 0. The zero-order chi connectivity index (χ0) is 12.1. The number of carboxylic acid groups (broad SMARTS) is 1. The molecule has 2 rings (SSSR count). The van der Waals surface area contributed by atoms with E-state index in [0.29, 0.717) is 6.54 Å². The number of thioether (sulfide) groups is 1. The molecule has 0 amide bonds. The van der Waals surface area contributed by atoms with Crippen molar-refractivity contribution < 1.29 is 9.90 Å². The number of hydrogen-bond acceptors (Lipinski definition) is 4. The fourth-order valence-electron chi connectivity index (χ4n) is 1.28. The summed E-state index contributed by atoms with van der Waals surface area (Å²) >= 11 is 1.70. The van der Waals surface area contributed by atoms with Gasteiger partial charge >= 0.3 is 5.97 Å². The van der Waals surface area contributed by atoms with Crippen LogP contribution in [0.15, 0.2) is 41.4 Å². The molecule has 0 unspecified atom stereocenters. The molecule has 88 valence electrons. The third-order valence-electron chi connectivity index (χ3n) is 2.09. The maximum Gasteiger partial charge on any atom is 0.358 e. The monoisotopic (exact) mass is 249 g/mol. The number of carboxylic acids is 1. The summed E-state index contributed by atoms with van der Waals surface area (Å²) in [6, 6.07) is 10.0. The molecule has 1 heterocycles. The minimum atomic E-state index is -1.05. The van der Waals surface area contributed by atoms with E-state index < -0.39 is 5.97 Å². The molecule has 0 aliphatic carbocycles. The van der Waals surface area contributed by atoms with Crippen LogP contribution in [-0.4, -0.2) is 31.8 Å². The first-order valence-corrected chi connectivity index (χ1v) is 6.05. The first-order valence-electron chi connectivity index (χ1n) is 5.07. The zero-order valence-electron chi connectivity index (χ0n) is 8.98. The molecule has 17 heavy (non-hydrogen) atoms. The lowest BCUT2D eigenvalue weighted by molar-refractivity contribution is 0.0690. The number of aromatic nitrogens is 3. The number of benzene rings is 1. The van der Waals surface area contributed by atoms with Gasteiger partial charge in [0.2, 0.25) is 0 Å². The first kappa shape index (κ1) is 11.7. The molecule has 0 atom stereocenters. The van der Waals surface area contributed by atoms with Gasteiger partial charge in [0.1, 0.15) is 0 Å². The van der Waals surface area contributed by atoms with Gasteiger partial charge in [-0.1, -0.05) is 23.4 Å². The van der Waals surface area contributed by atoms with Gasteiger partial charge < -0.3 is 5.11 Å². The highest BCUT2D eigenvalue weighted by molar-refractivity contribution is 7.99. The molecule has 0 aliphatic rings. The summed E-state index contributed by atoms with van der Waals surface area (Å²) in [4.78, 5) is 11.8. The van der Waals surface area contributed by atoms with Gasteiger partial charge in [0.15, 0.2) is 5.69 Å². The van der Waals surface area contributed by atoms with Crippen molar-refractivity contribution in [1.29, 1.82) is 0 Å². The summed E-state index contributed by atoms with van der Waals surface area (Å²) in [6.07, 6.45) is 1.44. The smallest absolute Gasteiger partial charge is 0.358 e. The van der Waals surface area contributed by atoms with E-state index in [-0.39, 0.29) is 5.69 Å². The van der Waals surface area contributed by atoms with E-state index in [1.807, 2.05) is 30.3 Å². The highest BCUT2D eigenvalue weighted by Crippen LogP contribution is 2.16. The Labute approximate surface area is 102 Å².